The molecule has 7 heteroatoms. The van der Waals surface area contributed by atoms with Gasteiger partial charge in [0, 0.05) is 42.7 Å². The van der Waals surface area contributed by atoms with Crippen LogP contribution in [0.15, 0.2) is 30.5 Å². The van der Waals surface area contributed by atoms with Crippen LogP contribution in [0.3, 0.4) is 0 Å². The van der Waals surface area contributed by atoms with E-state index in [-0.39, 0.29) is 18.5 Å². The molecular formula is C20H24ClN3O3. The van der Waals surface area contributed by atoms with Gasteiger partial charge in [0.2, 0.25) is 5.91 Å². The molecule has 0 aliphatic carbocycles. The summed E-state index contributed by atoms with van der Waals surface area (Å²) in [5.41, 5.74) is 2.05. The number of rotatable bonds is 5. The summed E-state index contributed by atoms with van der Waals surface area (Å²) >= 11 is 6.28. The van der Waals surface area contributed by atoms with E-state index in [4.69, 9.17) is 16.7 Å². The van der Waals surface area contributed by atoms with Crippen LogP contribution in [0.4, 0.5) is 0 Å². The SMILES string of the molecule is CC(=O)N(CC(=O)O)C1CCCN(Cc2ccc(Cl)c3cccnc23)CC1. The van der Waals surface area contributed by atoms with E-state index in [1.54, 1.807) is 6.20 Å². The van der Waals surface area contributed by atoms with Gasteiger partial charge in [0.1, 0.15) is 6.54 Å². The minimum atomic E-state index is -0.968. The number of likely N-dealkylation sites (tertiary alicyclic amines) is 1. The third-order valence-corrected chi connectivity index (χ3v) is 5.46. The third-order valence-electron chi connectivity index (χ3n) is 5.14. The van der Waals surface area contributed by atoms with E-state index >= 15 is 0 Å². The number of carbonyl (C=O) groups is 2. The molecule has 1 unspecified atom stereocenters. The quantitative estimate of drug-likeness (QED) is 0.850. The standard InChI is InChI=1S/C20H24ClN3O3/c1-14(25)24(13-19(26)27)16-4-3-10-23(11-8-16)12-15-6-7-18(21)17-5-2-9-22-20(15)17/h2,5-7,9,16H,3-4,8,10-13H2,1H3,(H,26,27). The number of benzene rings is 1. The second kappa shape index (κ2) is 8.67. The molecule has 0 bridgehead atoms. The zero-order valence-electron chi connectivity index (χ0n) is 15.4. The first-order valence-electron chi connectivity index (χ1n) is 9.19. The lowest BCUT2D eigenvalue weighted by molar-refractivity contribution is -0.145. The summed E-state index contributed by atoms with van der Waals surface area (Å²) in [5, 5.41) is 10.7. The highest BCUT2D eigenvalue weighted by Gasteiger charge is 2.26. The van der Waals surface area contributed by atoms with Gasteiger partial charge < -0.3 is 10.0 Å². The lowest BCUT2D eigenvalue weighted by atomic mass is 10.1. The predicted octanol–water partition coefficient (Wildman–Crippen LogP) is 3.18. The van der Waals surface area contributed by atoms with E-state index < -0.39 is 5.97 Å². The van der Waals surface area contributed by atoms with Crippen LogP contribution in [0.1, 0.15) is 31.7 Å². The van der Waals surface area contributed by atoms with E-state index in [0.717, 1.165) is 55.4 Å². The van der Waals surface area contributed by atoms with Crippen LogP contribution < -0.4 is 0 Å². The van der Waals surface area contributed by atoms with Crippen molar-refractivity contribution in [2.75, 3.05) is 19.6 Å². The van der Waals surface area contributed by atoms with Gasteiger partial charge in [-0.15, -0.1) is 0 Å². The summed E-state index contributed by atoms with van der Waals surface area (Å²) in [6.07, 6.45) is 4.29. The number of fused-ring (bicyclic) bond motifs is 1. The summed E-state index contributed by atoms with van der Waals surface area (Å²) in [6, 6.07) is 7.76. The predicted molar refractivity (Wildman–Crippen MR) is 105 cm³/mol. The number of nitrogens with zero attached hydrogens (tertiary/aromatic N) is 3. The number of halogens is 1. The Morgan fingerprint density at radius 2 is 2.11 bits per heavy atom. The fourth-order valence-electron chi connectivity index (χ4n) is 3.82. The number of carboxylic acids is 1. The van der Waals surface area contributed by atoms with Crippen LogP contribution in [-0.4, -0.2) is 57.4 Å². The highest BCUT2D eigenvalue weighted by atomic mass is 35.5. The largest absolute Gasteiger partial charge is 0.480 e. The maximum atomic E-state index is 11.9. The lowest BCUT2D eigenvalue weighted by Gasteiger charge is -2.29. The van der Waals surface area contributed by atoms with Crippen molar-refractivity contribution in [2.24, 2.45) is 0 Å². The normalized spacial score (nSPS) is 18.2. The molecule has 144 valence electrons. The molecule has 1 aromatic heterocycles. The van der Waals surface area contributed by atoms with E-state index in [9.17, 15) is 9.59 Å². The maximum Gasteiger partial charge on any atom is 0.323 e. The van der Waals surface area contributed by atoms with Gasteiger partial charge in [0.05, 0.1) is 5.52 Å². The first-order valence-corrected chi connectivity index (χ1v) is 9.57. The summed E-state index contributed by atoms with van der Waals surface area (Å²) in [7, 11) is 0. The molecule has 1 saturated heterocycles. The van der Waals surface area contributed by atoms with Crippen LogP contribution in [0.2, 0.25) is 5.02 Å². The van der Waals surface area contributed by atoms with E-state index in [2.05, 4.69) is 9.88 Å². The molecule has 1 N–H and O–H groups in total. The molecule has 2 heterocycles. The average molecular weight is 390 g/mol. The number of pyridine rings is 1. The van der Waals surface area contributed by atoms with Gasteiger partial charge in [-0.2, -0.15) is 0 Å². The average Bonchev–Trinajstić information content (AvgIpc) is 2.87. The summed E-state index contributed by atoms with van der Waals surface area (Å²) in [4.78, 5) is 31.3. The number of carboxylic acid groups (broad SMARTS) is 1. The Morgan fingerprint density at radius 3 is 2.85 bits per heavy atom. The first-order chi connectivity index (χ1) is 13.0. The molecule has 2 aromatic rings. The van der Waals surface area contributed by atoms with Gasteiger partial charge in [-0.3, -0.25) is 19.5 Å². The van der Waals surface area contributed by atoms with Crippen molar-refractivity contribution in [1.82, 2.24) is 14.8 Å². The van der Waals surface area contributed by atoms with Crippen LogP contribution in [0, 0.1) is 0 Å². The molecule has 1 fully saturated rings. The minimum absolute atomic E-state index is 0.0244. The number of amides is 1. The van der Waals surface area contributed by atoms with Gasteiger partial charge in [-0.05, 0) is 49.6 Å². The number of hydrogen-bond donors (Lipinski definition) is 1. The van der Waals surface area contributed by atoms with E-state index in [0.29, 0.717) is 5.02 Å². The van der Waals surface area contributed by atoms with Crippen LogP contribution in [0.25, 0.3) is 10.9 Å². The molecule has 3 rings (SSSR count). The Bertz CT molecular complexity index is 842. The summed E-state index contributed by atoms with van der Waals surface area (Å²) in [6.45, 7) is 3.69. The van der Waals surface area contributed by atoms with Crippen molar-refractivity contribution in [3.05, 3.63) is 41.0 Å². The summed E-state index contributed by atoms with van der Waals surface area (Å²) in [5.74, 6) is -1.14. The molecule has 1 amide bonds. The Kier molecular flexibility index (Phi) is 6.29. The monoisotopic (exact) mass is 389 g/mol. The van der Waals surface area contributed by atoms with Crippen LogP contribution in [-0.2, 0) is 16.1 Å². The maximum absolute atomic E-state index is 11.9. The Morgan fingerprint density at radius 1 is 1.30 bits per heavy atom. The molecule has 27 heavy (non-hydrogen) atoms. The molecule has 0 radical (unpaired) electrons. The van der Waals surface area contributed by atoms with Crippen molar-refractivity contribution in [1.29, 1.82) is 0 Å². The summed E-state index contributed by atoms with van der Waals surface area (Å²) < 4.78 is 0. The Hall–Kier alpha value is -2.18. The van der Waals surface area contributed by atoms with Gasteiger partial charge >= 0.3 is 5.97 Å². The topological polar surface area (TPSA) is 73.7 Å². The highest BCUT2D eigenvalue weighted by molar-refractivity contribution is 6.35. The van der Waals surface area contributed by atoms with Gasteiger partial charge in [0.25, 0.3) is 0 Å². The molecule has 0 spiro atoms. The van der Waals surface area contributed by atoms with Gasteiger partial charge in [0.15, 0.2) is 0 Å². The van der Waals surface area contributed by atoms with Crippen molar-refractivity contribution in [2.45, 2.75) is 38.8 Å². The molecule has 0 saturated carbocycles. The molecule has 1 aliphatic rings. The van der Waals surface area contributed by atoms with Crippen LogP contribution in [0.5, 0.6) is 0 Å². The lowest BCUT2D eigenvalue weighted by Crippen LogP contribution is -2.42. The molecular weight excluding hydrogens is 366 g/mol. The van der Waals surface area contributed by atoms with Crippen LogP contribution >= 0.6 is 11.6 Å². The Labute approximate surface area is 163 Å². The first kappa shape index (κ1) is 19.6. The van der Waals surface area contributed by atoms with E-state index in [1.807, 2.05) is 24.3 Å². The van der Waals surface area contributed by atoms with E-state index in [1.165, 1.54) is 11.8 Å². The third kappa shape index (κ3) is 4.76. The zero-order chi connectivity index (χ0) is 19.4. The smallest absolute Gasteiger partial charge is 0.323 e. The fraction of sp³-hybridized carbons (Fsp3) is 0.450. The number of aliphatic carboxylic acids is 1. The van der Waals surface area contributed by atoms with Crippen molar-refractivity contribution < 1.29 is 14.7 Å². The highest BCUT2D eigenvalue weighted by Crippen LogP contribution is 2.26. The van der Waals surface area contributed by atoms with Crippen molar-refractivity contribution in [3.63, 3.8) is 0 Å². The van der Waals surface area contributed by atoms with Crippen molar-refractivity contribution >= 4 is 34.4 Å². The number of aromatic nitrogens is 1. The molecule has 1 aromatic carbocycles. The molecule has 1 aliphatic heterocycles. The number of carbonyl (C=O) groups excluding carboxylic acids is 1. The van der Waals surface area contributed by atoms with Gasteiger partial charge in [-0.25, -0.2) is 0 Å². The number of hydrogen-bond acceptors (Lipinski definition) is 4. The zero-order valence-corrected chi connectivity index (χ0v) is 16.2. The second-order valence-electron chi connectivity index (χ2n) is 7.01. The fourth-order valence-corrected chi connectivity index (χ4v) is 4.03. The Balaban J connectivity index is 1.71. The molecule has 6 nitrogen and oxygen atoms in total. The second-order valence-corrected chi connectivity index (χ2v) is 7.41. The van der Waals surface area contributed by atoms with Crippen molar-refractivity contribution in [3.8, 4) is 0 Å². The van der Waals surface area contributed by atoms with Gasteiger partial charge in [-0.1, -0.05) is 17.7 Å². The molecule has 1 atom stereocenters. The minimum Gasteiger partial charge on any atom is -0.480 e.